The van der Waals surface area contributed by atoms with Crippen LogP contribution in [0.25, 0.3) is 0 Å². The molecule has 3 rings (SSSR count). The number of carbonyl (C=O) groups excluding carboxylic acids is 2. The smallest absolute Gasteiger partial charge is 0.293 e. The molecule has 0 aliphatic carbocycles. The van der Waals surface area contributed by atoms with Gasteiger partial charge in [-0.25, -0.2) is 0 Å². The van der Waals surface area contributed by atoms with E-state index in [1.165, 1.54) is 13.0 Å². The Morgan fingerprint density at radius 3 is 2.54 bits per heavy atom. The fraction of sp³-hybridized carbons (Fsp3) is 0.316. The minimum atomic E-state index is -0.484. The van der Waals surface area contributed by atoms with E-state index in [2.05, 4.69) is 10.3 Å². The number of pyridine rings is 1. The van der Waals surface area contributed by atoms with Gasteiger partial charge in [0.15, 0.2) is 0 Å². The maximum Gasteiger partial charge on any atom is 0.293 e. The molecule has 1 aromatic carbocycles. The van der Waals surface area contributed by atoms with Crippen LogP contribution in [-0.4, -0.2) is 52.8 Å². The molecule has 1 aliphatic heterocycles. The van der Waals surface area contributed by atoms with Crippen molar-refractivity contribution in [2.45, 2.75) is 13.5 Å². The second-order valence-electron chi connectivity index (χ2n) is 6.46. The molecule has 0 atom stereocenters. The number of amides is 2. The van der Waals surface area contributed by atoms with E-state index in [-0.39, 0.29) is 23.7 Å². The summed E-state index contributed by atoms with van der Waals surface area (Å²) in [5, 5.41) is 14.3. The average molecular weight is 383 g/mol. The van der Waals surface area contributed by atoms with Crippen LogP contribution in [0, 0.1) is 10.1 Å². The highest BCUT2D eigenvalue weighted by Crippen LogP contribution is 2.30. The quantitative estimate of drug-likeness (QED) is 0.620. The monoisotopic (exact) mass is 383 g/mol. The maximum atomic E-state index is 12.4. The van der Waals surface area contributed by atoms with Crippen molar-refractivity contribution < 1.29 is 14.5 Å². The van der Waals surface area contributed by atoms with Crippen molar-refractivity contribution in [3.8, 4) is 0 Å². The molecule has 0 unspecified atom stereocenters. The predicted molar refractivity (Wildman–Crippen MR) is 103 cm³/mol. The second kappa shape index (κ2) is 8.47. The first kappa shape index (κ1) is 19.3. The van der Waals surface area contributed by atoms with Crippen molar-refractivity contribution in [2.75, 3.05) is 31.1 Å². The Hall–Kier alpha value is -3.49. The molecule has 9 nitrogen and oxygen atoms in total. The number of nitrogens with one attached hydrogen (secondary N) is 1. The van der Waals surface area contributed by atoms with Crippen LogP contribution in [-0.2, 0) is 11.3 Å². The van der Waals surface area contributed by atoms with Gasteiger partial charge in [0.25, 0.3) is 11.6 Å². The summed E-state index contributed by atoms with van der Waals surface area (Å²) < 4.78 is 0. The van der Waals surface area contributed by atoms with Gasteiger partial charge in [-0.3, -0.25) is 24.7 Å². The van der Waals surface area contributed by atoms with Gasteiger partial charge in [0, 0.05) is 50.9 Å². The molecule has 1 N–H and O–H groups in total. The van der Waals surface area contributed by atoms with Crippen molar-refractivity contribution in [3.05, 3.63) is 64.0 Å². The van der Waals surface area contributed by atoms with Crippen molar-refractivity contribution in [3.63, 3.8) is 0 Å². The predicted octanol–water partition coefficient (Wildman–Crippen LogP) is 1.59. The van der Waals surface area contributed by atoms with E-state index in [1.807, 2.05) is 11.0 Å². The van der Waals surface area contributed by atoms with Gasteiger partial charge in [-0.1, -0.05) is 6.07 Å². The number of rotatable bonds is 5. The van der Waals surface area contributed by atoms with Crippen molar-refractivity contribution in [1.82, 2.24) is 15.2 Å². The summed E-state index contributed by atoms with van der Waals surface area (Å²) in [6.07, 6.45) is 1.63. The number of nitro benzene ring substituents is 1. The van der Waals surface area contributed by atoms with Crippen molar-refractivity contribution >= 4 is 23.2 Å². The number of nitrogens with zero attached hydrogens (tertiary/aromatic N) is 4. The van der Waals surface area contributed by atoms with Gasteiger partial charge in [0.1, 0.15) is 5.69 Å². The van der Waals surface area contributed by atoms with E-state index in [1.54, 1.807) is 35.4 Å². The number of hydrogen-bond acceptors (Lipinski definition) is 6. The second-order valence-corrected chi connectivity index (χ2v) is 6.46. The molecule has 2 heterocycles. The number of carbonyl (C=O) groups is 2. The standard InChI is InChI=1S/C19H21N5O4/c1-14(25)22-8-10-23(11-9-22)17-6-5-15(12-18(17)24(27)28)19(26)21-13-16-4-2-3-7-20-16/h2-7,12H,8-11,13H2,1H3,(H,21,26). The molecular formula is C19H21N5O4. The molecule has 0 spiro atoms. The van der Waals surface area contributed by atoms with Crippen LogP contribution in [0.1, 0.15) is 23.0 Å². The third-order valence-corrected chi connectivity index (χ3v) is 4.66. The van der Waals surface area contributed by atoms with Crippen molar-refractivity contribution in [2.24, 2.45) is 0 Å². The third-order valence-electron chi connectivity index (χ3n) is 4.66. The molecule has 2 amide bonds. The lowest BCUT2D eigenvalue weighted by Gasteiger charge is -2.35. The molecule has 0 bridgehead atoms. The summed E-state index contributed by atoms with van der Waals surface area (Å²) in [6.45, 7) is 3.79. The Kier molecular flexibility index (Phi) is 5.83. The van der Waals surface area contributed by atoms with Crippen molar-refractivity contribution in [1.29, 1.82) is 0 Å². The summed E-state index contributed by atoms with van der Waals surface area (Å²) in [4.78, 5) is 42.6. The molecule has 28 heavy (non-hydrogen) atoms. The lowest BCUT2D eigenvalue weighted by molar-refractivity contribution is -0.384. The zero-order valence-corrected chi connectivity index (χ0v) is 15.5. The topological polar surface area (TPSA) is 109 Å². The normalized spacial score (nSPS) is 13.9. The Morgan fingerprint density at radius 2 is 1.93 bits per heavy atom. The van der Waals surface area contributed by atoms with Crippen LogP contribution in [0.4, 0.5) is 11.4 Å². The molecule has 0 saturated carbocycles. The molecule has 9 heteroatoms. The zero-order chi connectivity index (χ0) is 20.1. The lowest BCUT2D eigenvalue weighted by Crippen LogP contribution is -2.48. The van der Waals surface area contributed by atoms with E-state index in [0.29, 0.717) is 37.6 Å². The van der Waals surface area contributed by atoms with Gasteiger partial charge >= 0.3 is 0 Å². The molecule has 1 aliphatic rings. The fourth-order valence-corrected chi connectivity index (χ4v) is 3.12. The van der Waals surface area contributed by atoms with Crippen LogP contribution in [0.15, 0.2) is 42.6 Å². The highest BCUT2D eigenvalue weighted by Gasteiger charge is 2.25. The Morgan fingerprint density at radius 1 is 1.18 bits per heavy atom. The van der Waals surface area contributed by atoms with Gasteiger partial charge in [-0.05, 0) is 24.3 Å². The van der Waals surface area contributed by atoms with E-state index < -0.39 is 10.8 Å². The summed E-state index contributed by atoms with van der Waals surface area (Å²) in [6, 6.07) is 9.85. The van der Waals surface area contributed by atoms with Gasteiger partial charge in [0.2, 0.25) is 5.91 Å². The Balaban J connectivity index is 1.73. The first-order chi connectivity index (χ1) is 13.5. The number of piperazine rings is 1. The first-order valence-electron chi connectivity index (χ1n) is 8.92. The number of hydrogen-bond donors (Lipinski definition) is 1. The van der Waals surface area contributed by atoms with E-state index >= 15 is 0 Å². The maximum absolute atomic E-state index is 12.4. The molecule has 1 aromatic heterocycles. The van der Waals surface area contributed by atoms with Crippen LogP contribution >= 0.6 is 0 Å². The summed E-state index contributed by atoms with van der Waals surface area (Å²) >= 11 is 0. The third kappa shape index (κ3) is 4.43. The van der Waals surface area contributed by atoms with Crippen LogP contribution in [0.2, 0.25) is 0 Å². The minimum absolute atomic E-state index is 0.00549. The van der Waals surface area contributed by atoms with E-state index in [4.69, 9.17) is 0 Å². The Bertz CT molecular complexity index is 879. The molecular weight excluding hydrogens is 362 g/mol. The summed E-state index contributed by atoms with van der Waals surface area (Å²) in [5.41, 5.74) is 1.25. The number of nitro groups is 1. The Labute approximate surface area is 162 Å². The largest absolute Gasteiger partial charge is 0.362 e. The summed E-state index contributed by atoms with van der Waals surface area (Å²) in [7, 11) is 0. The van der Waals surface area contributed by atoms with Crippen LogP contribution in [0.3, 0.4) is 0 Å². The average Bonchev–Trinajstić information content (AvgIpc) is 2.72. The number of aromatic nitrogens is 1. The van der Waals surface area contributed by atoms with Crippen LogP contribution in [0.5, 0.6) is 0 Å². The molecule has 146 valence electrons. The van der Waals surface area contributed by atoms with E-state index in [9.17, 15) is 19.7 Å². The van der Waals surface area contributed by atoms with Gasteiger partial charge < -0.3 is 15.1 Å². The van der Waals surface area contributed by atoms with Gasteiger partial charge in [0.05, 0.1) is 17.2 Å². The van der Waals surface area contributed by atoms with Gasteiger partial charge in [-0.2, -0.15) is 0 Å². The highest BCUT2D eigenvalue weighted by atomic mass is 16.6. The van der Waals surface area contributed by atoms with Crippen LogP contribution < -0.4 is 10.2 Å². The minimum Gasteiger partial charge on any atom is -0.362 e. The van der Waals surface area contributed by atoms with E-state index in [0.717, 1.165) is 0 Å². The summed E-state index contributed by atoms with van der Waals surface area (Å²) in [5.74, 6) is -0.407. The lowest BCUT2D eigenvalue weighted by atomic mass is 10.1. The molecule has 1 saturated heterocycles. The SMILES string of the molecule is CC(=O)N1CCN(c2ccc(C(=O)NCc3ccccn3)cc2[N+](=O)[O-])CC1. The number of benzene rings is 1. The molecule has 1 fully saturated rings. The first-order valence-corrected chi connectivity index (χ1v) is 8.92. The zero-order valence-electron chi connectivity index (χ0n) is 15.5. The van der Waals surface area contributed by atoms with Gasteiger partial charge in [-0.15, -0.1) is 0 Å². The molecule has 0 radical (unpaired) electrons. The molecule has 2 aromatic rings. The fourth-order valence-electron chi connectivity index (χ4n) is 3.12. The highest BCUT2D eigenvalue weighted by molar-refractivity contribution is 5.95. The number of anilines is 1.